The number of hydrogen-bond acceptors (Lipinski definition) is 3. The van der Waals surface area contributed by atoms with Crippen molar-refractivity contribution in [3.8, 4) is 11.5 Å². The highest BCUT2D eigenvalue weighted by Crippen LogP contribution is 2.28. The van der Waals surface area contributed by atoms with Gasteiger partial charge < -0.3 is 15.5 Å². The van der Waals surface area contributed by atoms with E-state index in [0.29, 0.717) is 0 Å². The molecule has 110 valence electrons. The Labute approximate surface area is 124 Å². The highest BCUT2D eigenvalue weighted by molar-refractivity contribution is 5.97. The van der Waals surface area contributed by atoms with Crippen LogP contribution >= 0.6 is 0 Å². The van der Waals surface area contributed by atoms with Crippen LogP contribution in [0.3, 0.4) is 0 Å². The van der Waals surface area contributed by atoms with E-state index in [1.165, 1.54) is 23.8 Å². The molecule has 0 aliphatic heterocycles. The molecule has 4 heteroatoms. The van der Waals surface area contributed by atoms with E-state index in [9.17, 15) is 15.0 Å². The Morgan fingerprint density at radius 2 is 1.81 bits per heavy atom. The minimum absolute atomic E-state index is 0.0283. The summed E-state index contributed by atoms with van der Waals surface area (Å²) in [5, 5.41) is 21.9. The summed E-state index contributed by atoms with van der Waals surface area (Å²) in [6.45, 7) is 1.92. The number of phenolic OH excluding ortho intramolecular Hbond substituents is 2. The zero-order valence-corrected chi connectivity index (χ0v) is 11.9. The average Bonchev–Trinajstić information content (AvgIpc) is 2.49. The van der Waals surface area contributed by atoms with Crippen molar-refractivity contribution in [1.29, 1.82) is 0 Å². The molecule has 2 aromatic rings. The SMILES string of the molecule is CC(CCc1ccccc1)NC(=O)c1cccc(O)c1O. The zero-order valence-electron chi connectivity index (χ0n) is 11.9. The quantitative estimate of drug-likeness (QED) is 0.740. The lowest BCUT2D eigenvalue weighted by Crippen LogP contribution is -2.32. The summed E-state index contributed by atoms with van der Waals surface area (Å²) in [6, 6.07) is 14.4. The van der Waals surface area contributed by atoms with Crippen LogP contribution in [-0.4, -0.2) is 22.2 Å². The van der Waals surface area contributed by atoms with Gasteiger partial charge in [0.1, 0.15) is 0 Å². The first-order valence-corrected chi connectivity index (χ1v) is 6.93. The van der Waals surface area contributed by atoms with Crippen molar-refractivity contribution in [2.45, 2.75) is 25.8 Å². The smallest absolute Gasteiger partial charge is 0.255 e. The van der Waals surface area contributed by atoms with E-state index in [1.54, 1.807) is 0 Å². The topological polar surface area (TPSA) is 69.6 Å². The number of amides is 1. The first-order valence-electron chi connectivity index (χ1n) is 6.93. The number of carbonyl (C=O) groups excluding carboxylic acids is 1. The molecule has 0 aliphatic carbocycles. The third-order valence-corrected chi connectivity index (χ3v) is 3.35. The van der Waals surface area contributed by atoms with Gasteiger partial charge in [0.15, 0.2) is 11.5 Å². The van der Waals surface area contributed by atoms with Crippen molar-refractivity contribution >= 4 is 5.91 Å². The highest BCUT2D eigenvalue weighted by Gasteiger charge is 2.15. The number of aromatic hydroxyl groups is 2. The molecule has 1 unspecified atom stereocenters. The predicted molar refractivity (Wildman–Crippen MR) is 81.5 cm³/mol. The largest absolute Gasteiger partial charge is 0.504 e. The van der Waals surface area contributed by atoms with Gasteiger partial charge in [-0.2, -0.15) is 0 Å². The standard InChI is InChI=1S/C17H19NO3/c1-12(10-11-13-6-3-2-4-7-13)18-17(21)14-8-5-9-15(19)16(14)20/h2-9,12,19-20H,10-11H2,1H3,(H,18,21). The van der Waals surface area contributed by atoms with E-state index in [1.807, 2.05) is 25.1 Å². The molecule has 0 radical (unpaired) electrons. The van der Waals surface area contributed by atoms with Crippen LogP contribution in [0, 0.1) is 0 Å². The fraction of sp³-hybridized carbons (Fsp3) is 0.235. The molecule has 0 saturated heterocycles. The van der Waals surface area contributed by atoms with Crippen LogP contribution in [0.25, 0.3) is 0 Å². The second kappa shape index (κ2) is 6.79. The Bertz CT molecular complexity index is 611. The van der Waals surface area contributed by atoms with Crippen molar-refractivity contribution in [3.63, 3.8) is 0 Å². The van der Waals surface area contributed by atoms with Crippen LogP contribution in [0.2, 0.25) is 0 Å². The second-order valence-electron chi connectivity index (χ2n) is 5.07. The number of para-hydroxylation sites is 1. The third kappa shape index (κ3) is 3.99. The third-order valence-electron chi connectivity index (χ3n) is 3.35. The summed E-state index contributed by atoms with van der Waals surface area (Å²) in [7, 11) is 0. The maximum absolute atomic E-state index is 12.1. The van der Waals surface area contributed by atoms with Crippen LogP contribution < -0.4 is 5.32 Å². The molecule has 0 aliphatic rings. The summed E-state index contributed by atoms with van der Waals surface area (Å²) in [6.07, 6.45) is 1.67. The number of hydrogen-bond donors (Lipinski definition) is 3. The van der Waals surface area contributed by atoms with Gasteiger partial charge in [0.2, 0.25) is 0 Å². The van der Waals surface area contributed by atoms with Gasteiger partial charge in [-0.15, -0.1) is 0 Å². The van der Waals surface area contributed by atoms with Crippen molar-refractivity contribution in [1.82, 2.24) is 5.32 Å². The van der Waals surface area contributed by atoms with Gasteiger partial charge in [0.25, 0.3) is 5.91 Å². The maximum atomic E-state index is 12.1. The molecule has 0 aromatic heterocycles. The van der Waals surface area contributed by atoms with Crippen LogP contribution in [0.1, 0.15) is 29.3 Å². The van der Waals surface area contributed by atoms with E-state index in [0.717, 1.165) is 12.8 Å². The van der Waals surface area contributed by atoms with Crippen LogP contribution in [0.15, 0.2) is 48.5 Å². The molecule has 2 aromatic carbocycles. The number of carbonyl (C=O) groups is 1. The Morgan fingerprint density at radius 3 is 2.52 bits per heavy atom. The highest BCUT2D eigenvalue weighted by atomic mass is 16.3. The van der Waals surface area contributed by atoms with Crippen molar-refractivity contribution < 1.29 is 15.0 Å². The molecule has 4 nitrogen and oxygen atoms in total. The van der Waals surface area contributed by atoms with E-state index in [2.05, 4.69) is 17.4 Å². The molecule has 0 fully saturated rings. The molecule has 0 saturated carbocycles. The molecular weight excluding hydrogens is 266 g/mol. The number of benzene rings is 2. The van der Waals surface area contributed by atoms with Crippen molar-refractivity contribution in [2.24, 2.45) is 0 Å². The Hall–Kier alpha value is -2.49. The van der Waals surface area contributed by atoms with Gasteiger partial charge in [-0.25, -0.2) is 0 Å². The molecule has 0 heterocycles. The van der Waals surface area contributed by atoms with E-state index >= 15 is 0 Å². The number of rotatable bonds is 5. The first kappa shape index (κ1) is 14.9. The predicted octanol–water partition coefficient (Wildman–Crippen LogP) is 2.85. The van der Waals surface area contributed by atoms with E-state index in [4.69, 9.17) is 0 Å². The van der Waals surface area contributed by atoms with Crippen LogP contribution in [-0.2, 0) is 6.42 Å². The van der Waals surface area contributed by atoms with Crippen molar-refractivity contribution in [3.05, 3.63) is 59.7 Å². The average molecular weight is 285 g/mol. The van der Waals surface area contributed by atoms with E-state index < -0.39 is 0 Å². The van der Waals surface area contributed by atoms with Gasteiger partial charge in [0.05, 0.1) is 5.56 Å². The second-order valence-corrected chi connectivity index (χ2v) is 5.07. The molecule has 1 atom stereocenters. The Morgan fingerprint density at radius 1 is 1.10 bits per heavy atom. The molecular formula is C17H19NO3. The zero-order chi connectivity index (χ0) is 15.2. The molecule has 2 rings (SSSR count). The summed E-state index contributed by atoms with van der Waals surface area (Å²) in [5.41, 5.74) is 1.31. The lowest BCUT2D eigenvalue weighted by Gasteiger charge is -2.14. The van der Waals surface area contributed by atoms with E-state index in [-0.39, 0.29) is 29.0 Å². The normalized spacial score (nSPS) is 11.9. The number of nitrogens with one attached hydrogen (secondary N) is 1. The molecule has 0 spiro atoms. The van der Waals surface area contributed by atoms with Gasteiger partial charge in [-0.1, -0.05) is 36.4 Å². The molecule has 1 amide bonds. The fourth-order valence-corrected chi connectivity index (χ4v) is 2.12. The Kier molecular flexibility index (Phi) is 4.82. The van der Waals surface area contributed by atoms with Gasteiger partial charge in [0, 0.05) is 6.04 Å². The van der Waals surface area contributed by atoms with Crippen molar-refractivity contribution in [2.75, 3.05) is 0 Å². The summed E-state index contributed by atoms with van der Waals surface area (Å²) >= 11 is 0. The maximum Gasteiger partial charge on any atom is 0.255 e. The lowest BCUT2D eigenvalue weighted by molar-refractivity contribution is 0.0935. The molecule has 0 bridgehead atoms. The fourth-order valence-electron chi connectivity index (χ4n) is 2.12. The van der Waals surface area contributed by atoms with Gasteiger partial charge in [-0.05, 0) is 37.5 Å². The summed E-state index contributed by atoms with van der Waals surface area (Å²) in [5.74, 6) is -1.06. The molecule has 3 N–H and O–H groups in total. The van der Waals surface area contributed by atoms with Gasteiger partial charge in [-0.3, -0.25) is 4.79 Å². The summed E-state index contributed by atoms with van der Waals surface area (Å²) in [4.78, 5) is 12.1. The number of phenols is 2. The van der Waals surface area contributed by atoms with Crippen LogP contribution in [0.4, 0.5) is 0 Å². The minimum Gasteiger partial charge on any atom is -0.504 e. The number of aryl methyl sites for hydroxylation is 1. The lowest BCUT2D eigenvalue weighted by atomic mass is 10.1. The van der Waals surface area contributed by atoms with Crippen LogP contribution in [0.5, 0.6) is 11.5 Å². The first-order chi connectivity index (χ1) is 10.1. The summed E-state index contributed by atoms with van der Waals surface area (Å²) < 4.78 is 0. The molecule has 21 heavy (non-hydrogen) atoms. The minimum atomic E-state index is -0.385. The monoisotopic (exact) mass is 285 g/mol. The Balaban J connectivity index is 1.92. The van der Waals surface area contributed by atoms with Gasteiger partial charge >= 0.3 is 0 Å².